The average Bonchev–Trinajstić information content (AvgIpc) is 2.27. The van der Waals surface area contributed by atoms with E-state index < -0.39 is 12.0 Å². The van der Waals surface area contributed by atoms with Gasteiger partial charge in [-0.15, -0.1) is 0 Å². The van der Waals surface area contributed by atoms with Crippen LogP contribution < -0.4 is 0 Å². The van der Waals surface area contributed by atoms with Gasteiger partial charge in [0, 0.05) is 0 Å². The average molecular weight is 223 g/mol. The van der Waals surface area contributed by atoms with Crippen molar-refractivity contribution in [2.24, 2.45) is 0 Å². The number of carboxylic acid groups (broad SMARTS) is 1. The molecular formula is C12H17NO3. The lowest BCUT2D eigenvalue weighted by Gasteiger charge is -2.22. The van der Waals surface area contributed by atoms with Gasteiger partial charge in [0.25, 0.3) is 0 Å². The van der Waals surface area contributed by atoms with Gasteiger partial charge in [0.15, 0.2) is 0 Å². The highest BCUT2D eigenvalue weighted by Gasteiger charge is 2.21. The zero-order valence-corrected chi connectivity index (χ0v) is 9.55. The van der Waals surface area contributed by atoms with Crippen molar-refractivity contribution in [1.29, 1.82) is 0 Å². The van der Waals surface area contributed by atoms with E-state index in [-0.39, 0.29) is 5.75 Å². The third-order valence-electron chi connectivity index (χ3n) is 2.68. The van der Waals surface area contributed by atoms with Gasteiger partial charge >= 0.3 is 5.97 Å². The number of phenolic OH excluding ortho intramolecular Hbond substituents is 1. The highest BCUT2D eigenvalue weighted by Crippen LogP contribution is 2.13. The van der Waals surface area contributed by atoms with Crippen LogP contribution in [0.2, 0.25) is 0 Å². The fourth-order valence-electron chi connectivity index (χ4n) is 1.51. The number of carbonyl (C=O) groups is 1. The number of aromatic hydroxyl groups is 1. The molecule has 16 heavy (non-hydrogen) atoms. The summed E-state index contributed by atoms with van der Waals surface area (Å²) >= 11 is 0. The van der Waals surface area contributed by atoms with Gasteiger partial charge in [-0.2, -0.15) is 0 Å². The minimum absolute atomic E-state index is 0.194. The van der Waals surface area contributed by atoms with Crippen molar-refractivity contribution < 1.29 is 15.0 Å². The van der Waals surface area contributed by atoms with Crippen molar-refractivity contribution in [2.45, 2.75) is 19.4 Å². The number of hydrogen-bond acceptors (Lipinski definition) is 3. The molecule has 0 aliphatic rings. The van der Waals surface area contributed by atoms with Gasteiger partial charge in [0.1, 0.15) is 11.8 Å². The highest BCUT2D eigenvalue weighted by atomic mass is 16.4. The molecule has 0 aliphatic carbocycles. The molecule has 0 spiro atoms. The smallest absolute Gasteiger partial charge is 0.321 e. The van der Waals surface area contributed by atoms with Gasteiger partial charge in [-0.1, -0.05) is 19.1 Å². The van der Waals surface area contributed by atoms with Gasteiger partial charge in [-0.3, -0.25) is 9.69 Å². The second-order valence-electron chi connectivity index (χ2n) is 3.80. The molecule has 2 N–H and O–H groups in total. The molecule has 0 amide bonds. The molecule has 4 heteroatoms. The molecule has 0 fully saturated rings. The Hall–Kier alpha value is -1.55. The van der Waals surface area contributed by atoms with Crippen molar-refractivity contribution in [3.8, 4) is 5.75 Å². The van der Waals surface area contributed by atoms with E-state index in [0.29, 0.717) is 13.0 Å². The molecule has 0 saturated carbocycles. The zero-order chi connectivity index (χ0) is 12.1. The number of benzene rings is 1. The Morgan fingerprint density at radius 1 is 1.38 bits per heavy atom. The van der Waals surface area contributed by atoms with Gasteiger partial charge in [0.05, 0.1) is 0 Å². The van der Waals surface area contributed by atoms with Crippen LogP contribution in [0, 0.1) is 0 Å². The first-order chi connectivity index (χ1) is 7.54. The van der Waals surface area contributed by atoms with E-state index in [1.807, 2.05) is 6.92 Å². The molecule has 4 nitrogen and oxygen atoms in total. The molecule has 1 atom stereocenters. The van der Waals surface area contributed by atoms with E-state index in [1.165, 1.54) is 0 Å². The zero-order valence-electron chi connectivity index (χ0n) is 9.55. The molecule has 0 bridgehead atoms. The van der Waals surface area contributed by atoms with E-state index >= 15 is 0 Å². The predicted molar refractivity (Wildman–Crippen MR) is 61.5 cm³/mol. The van der Waals surface area contributed by atoms with Crippen LogP contribution in [0.25, 0.3) is 0 Å². The van der Waals surface area contributed by atoms with Gasteiger partial charge < -0.3 is 10.2 Å². The Kier molecular flexibility index (Phi) is 4.31. The molecule has 1 unspecified atom stereocenters. The number of phenols is 1. The lowest BCUT2D eigenvalue weighted by Crippen LogP contribution is -2.39. The van der Waals surface area contributed by atoms with Crippen LogP contribution >= 0.6 is 0 Å². The lowest BCUT2D eigenvalue weighted by atomic mass is 10.0. The fourth-order valence-corrected chi connectivity index (χ4v) is 1.51. The molecule has 1 aromatic rings. The predicted octanol–water partition coefficient (Wildman–Crippen LogP) is 1.34. The molecule has 0 aromatic heterocycles. The van der Waals surface area contributed by atoms with Crippen molar-refractivity contribution in [2.75, 3.05) is 13.6 Å². The molecule has 0 radical (unpaired) electrons. The summed E-state index contributed by atoms with van der Waals surface area (Å²) < 4.78 is 0. The first kappa shape index (κ1) is 12.5. The van der Waals surface area contributed by atoms with Gasteiger partial charge in [-0.25, -0.2) is 0 Å². The molecule has 1 aromatic carbocycles. The number of nitrogens with zero attached hydrogens (tertiary/aromatic N) is 1. The molecule has 0 aliphatic heterocycles. The van der Waals surface area contributed by atoms with Gasteiger partial charge in [0.2, 0.25) is 0 Å². The quantitative estimate of drug-likeness (QED) is 0.790. The summed E-state index contributed by atoms with van der Waals surface area (Å²) in [6, 6.07) is 6.11. The normalized spacial score (nSPS) is 12.7. The Morgan fingerprint density at radius 2 is 1.94 bits per heavy atom. The molecule has 0 saturated heterocycles. The lowest BCUT2D eigenvalue weighted by molar-refractivity contribution is -0.142. The van der Waals surface area contributed by atoms with Crippen LogP contribution in [0.5, 0.6) is 5.75 Å². The van der Waals surface area contributed by atoms with Crippen molar-refractivity contribution >= 4 is 5.97 Å². The third kappa shape index (κ3) is 3.24. The molecular weight excluding hydrogens is 206 g/mol. The summed E-state index contributed by atoms with van der Waals surface area (Å²) in [4.78, 5) is 12.9. The standard InChI is InChI=1S/C12H17NO3/c1-3-13(2)11(12(15)16)8-9-4-6-10(14)7-5-9/h4-7,11,14H,3,8H2,1-2H3,(H,15,16). The second-order valence-corrected chi connectivity index (χ2v) is 3.80. The summed E-state index contributed by atoms with van der Waals surface area (Å²) in [6.07, 6.45) is 0.444. The van der Waals surface area contributed by atoms with Crippen LogP contribution in [0.4, 0.5) is 0 Å². The van der Waals surface area contributed by atoms with E-state index in [0.717, 1.165) is 5.56 Å². The SMILES string of the molecule is CCN(C)C(Cc1ccc(O)cc1)C(=O)O. The first-order valence-electron chi connectivity index (χ1n) is 5.25. The van der Waals surface area contributed by atoms with E-state index in [4.69, 9.17) is 10.2 Å². The van der Waals surface area contributed by atoms with E-state index in [9.17, 15) is 4.79 Å². The van der Waals surface area contributed by atoms with Crippen LogP contribution in [0.15, 0.2) is 24.3 Å². The van der Waals surface area contributed by atoms with Crippen LogP contribution in [-0.2, 0) is 11.2 Å². The topological polar surface area (TPSA) is 60.8 Å². The van der Waals surface area contributed by atoms with Crippen molar-refractivity contribution in [3.63, 3.8) is 0 Å². The number of carboxylic acids is 1. The maximum atomic E-state index is 11.1. The van der Waals surface area contributed by atoms with Crippen LogP contribution in [0.3, 0.4) is 0 Å². The minimum atomic E-state index is -0.822. The minimum Gasteiger partial charge on any atom is -0.508 e. The number of rotatable bonds is 5. The number of aliphatic carboxylic acids is 1. The van der Waals surface area contributed by atoms with E-state index in [2.05, 4.69) is 0 Å². The highest BCUT2D eigenvalue weighted by molar-refractivity contribution is 5.73. The van der Waals surface area contributed by atoms with Crippen LogP contribution in [0.1, 0.15) is 12.5 Å². The first-order valence-corrected chi connectivity index (χ1v) is 5.25. The summed E-state index contributed by atoms with van der Waals surface area (Å²) in [5, 5.41) is 18.2. The summed E-state index contributed by atoms with van der Waals surface area (Å²) in [5.74, 6) is -0.628. The van der Waals surface area contributed by atoms with Crippen LogP contribution in [-0.4, -0.2) is 40.7 Å². The maximum absolute atomic E-state index is 11.1. The summed E-state index contributed by atoms with van der Waals surface area (Å²) in [7, 11) is 1.79. The Bertz CT molecular complexity index is 348. The van der Waals surface area contributed by atoms with Crippen molar-refractivity contribution in [1.82, 2.24) is 4.90 Å². The summed E-state index contributed by atoms with van der Waals surface area (Å²) in [5.41, 5.74) is 0.908. The van der Waals surface area contributed by atoms with E-state index in [1.54, 1.807) is 36.2 Å². The number of hydrogen-bond donors (Lipinski definition) is 2. The maximum Gasteiger partial charge on any atom is 0.321 e. The number of likely N-dealkylation sites (N-methyl/N-ethyl adjacent to an activating group) is 1. The monoisotopic (exact) mass is 223 g/mol. The van der Waals surface area contributed by atoms with Crippen molar-refractivity contribution in [3.05, 3.63) is 29.8 Å². The van der Waals surface area contributed by atoms with Gasteiger partial charge in [-0.05, 0) is 37.7 Å². The Morgan fingerprint density at radius 3 is 2.38 bits per heavy atom. The molecule has 88 valence electrons. The Balaban J connectivity index is 2.75. The summed E-state index contributed by atoms with van der Waals surface area (Å²) in [6.45, 7) is 2.61. The fraction of sp³-hybridized carbons (Fsp3) is 0.417. The second kappa shape index (κ2) is 5.51. The Labute approximate surface area is 95.1 Å². The molecule has 0 heterocycles. The largest absolute Gasteiger partial charge is 0.508 e. The molecule has 1 rings (SSSR count). The third-order valence-corrected chi connectivity index (χ3v) is 2.68.